The smallest absolute Gasteiger partial charge is 0.0947 e. The quantitative estimate of drug-likeness (QED) is 0.807. The molecule has 78 valence electrons. The lowest BCUT2D eigenvalue weighted by Crippen LogP contribution is -2.12. The molecule has 4 heteroatoms. The van der Waals surface area contributed by atoms with Crippen LogP contribution in [0, 0.1) is 0 Å². The Balaban J connectivity index is 1.80. The summed E-state index contributed by atoms with van der Waals surface area (Å²) in [5.41, 5.74) is 2.25. The molecule has 15 heavy (non-hydrogen) atoms. The van der Waals surface area contributed by atoms with Gasteiger partial charge in [0, 0.05) is 38.7 Å². The van der Waals surface area contributed by atoms with Crippen LogP contribution in [0.5, 0.6) is 0 Å². The minimum Gasteiger partial charge on any atom is -0.340 e. The number of hydrogen-bond acceptors (Lipinski definition) is 3. The lowest BCUT2D eigenvalue weighted by molar-refractivity contribution is 0.680. The van der Waals surface area contributed by atoms with Gasteiger partial charge in [0.2, 0.25) is 0 Å². The Bertz CT molecular complexity index is 408. The molecule has 0 aromatic carbocycles. The van der Waals surface area contributed by atoms with Crippen molar-refractivity contribution < 1.29 is 0 Å². The maximum atomic E-state index is 4.23. The molecule has 0 atom stereocenters. The zero-order valence-electron chi connectivity index (χ0n) is 8.72. The molecule has 0 radical (unpaired) electrons. The Hall–Kier alpha value is -1.68. The molecule has 2 aromatic rings. The molecule has 0 unspecified atom stereocenters. The summed E-state index contributed by atoms with van der Waals surface area (Å²) >= 11 is 0. The third-order valence-corrected chi connectivity index (χ3v) is 2.12. The van der Waals surface area contributed by atoms with Gasteiger partial charge in [0.05, 0.1) is 12.0 Å². The Morgan fingerprint density at radius 3 is 3.00 bits per heavy atom. The van der Waals surface area contributed by atoms with Crippen LogP contribution < -0.4 is 5.32 Å². The summed E-state index contributed by atoms with van der Waals surface area (Å²) < 4.78 is 1.95. The molecule has 0 amide bonds. The number of imidazole rings is 1. The predicted molar refractivity (Wildman–Crippen MR) is 58.0 cm³/mol. The minimum absolute atomic E-state index is 0.787. The van der Waals surface area contributed by atoms with E-state index in [1.54, 1.807) is 12.5 Å². The standard InChI is InChI=1S/C11H14N4/c1-15-8-11(14-9-15)7-13-6-10-3-2-4-12-5-10/h2-5,8-9,13H,6-7H2,1H3. The highest BCUT2D eigenvalue weighted by Crippen LogP contribution is 1.97. The number of aromatic nitrogens is 3. The minimum atomic E-state index is 0.787. The fourth-order valence-corrected chi connectivity index (χ4v) is 1.40. The first kappa shape index (κ1) is 9.86. The number of rotatable bonds is 4. The molecule has 2 aromatic heterocycles. The van der Waals surface area contributed by atoms with E-state index in [2.05, 4.69) is 21.4 Å². The van der Waals surface area contributed by atoms with E-state index in [4.69, 9.17) is 0 Å². The Labute approximate surface area is 89.0 Å². The fraction of sp³-hybridized carbons (Fsp3) is 0.273. The lowest BCUT2D eigenvalue weighted by Gasteiger charge is -2.01. The molecule has 2 rings (SSSR count). The average Bonchev–Trinajstić information content (AvgIpc) is 2.66. The van der Waals surface area contributed by atoms with Crippen molar-refractivity contribution in [2.75, 3.05) is 0 Å². The molecule has 0 aliphatic rings. The van der Waals surface area contributed by atoms with Crippen molar-refractivity contribution in [3.63, 3.8) is 0 Å². The normalized spacial score (nSPS) is 10.5. The van der Waals surface area contributed by atoms with Crippen LogP contribution in [0.25, 0.3) is 0 Å². The van der Waals surface area contributed by atoms with Crippen LogP contribution in [0.2, 0.25) is 0 Å². The molecule has 0 spiro atoms. The van der Waals surface area contributed by atoms with E-state index in [0.717, 1.165) is 18.8 Å². The zero-order valence-corrected chi connectivity index (χ0v) is 8.72. The summed E-state index contributed by atoms with van der Waals surface area (Å²) in [6.07, 6.45) is 7.46. The van der Waals surface area contributed by atoms with Crippen LogP contribution >= 0.6 is 0 Å². The Kier molecular flexibility index (Phi) is 3.09. The topological polar surface area (TPSA) is 42.7 Å². The van der Waals surface area contributed by atoms with Crippen LogP contribution in [-0.4, -0.2) is 14.5 Å². The summed E-state index contributed by atoms with van der Waals surface area (Å²) in [5.74, 6) is 0. The van der Waals surface area contributed by atoms with E-state index >= 15 is 0 Å². The maximum absolute atomic E-state index is 4.23. The van der Waals surface area contributed by atoms with Crippen LogP contribution in [0.3, 0.4) is 0 Å². The van der Waals surface area contributed by atoms with E-state index < -0.39 is 0 Å². The SMILES string of the molecule is Cn1cnc(CNCc2cccnc2)c1. The van der Waals surface area contributed by atoms with Gasteiger partial charge in [0.15, 0.2) is 0 Å². The molecule has 0 saturated heterocycles. The second-order valence-corrected chi connectivity index (χ2v) is 3.50. The summed E-state index contributed by atoms with van der Waals surface area (Å²) in [4.78, 5) is 8.29. The van der Waals surface area contributed by atoms with Crippen molar-refractivity contribution in [2.45, 2.75) is 13.1 Å². The first-order valence-electron chi connectivity index (χ1n) is 4.91. The van der Waals surface area contributed by atoms with Gasteiger partial charge < -0.3 is 9.88 Å². The van der Waals surface area contributed by atoms with Crippen molar-refractivity contribution in [1.82, 2.24) is 19.9 Å². The van der Waals surface area contributed by atoms with Gasteiger partial charge in [-0.15, -0.1) is 0 Å². The van der Waals surface area contributed by atoms with Crippen LogP contribution in [-0.2, 0) is 20.1 Å². The van der Waals surface area contributed by atoms with E-state index in [9.17, 15) is 0 Å². The molecule has 0 aliphatic carbocycles. The maximum Gasteiger partial charge on any atom is 0.0947 e. The van der Waals surface area contributed by atoms with Crippen molar-refractivity contribution in [3.05, 3.63) is 48.3 Å². The average molecular weight is 202 g/mol. The first-order valence-corrected chi connectivity index (χ1v) is 4.91. The van der Waals surface area contributed by atoms with Gasteiger partial charge in [0.25, 0.3) is 0 Å². The molecule has 0 fully saturated rings. The second-order valence-electron chi connectivity index (χ2n) is 3.50. The summed E-state index contributed by atoms with van der Waals surface area (Å²) in [7, 11) is 1.97. The Morgan fingerprint density at radius 2 is 2.33 bits per heavy atom. The van der Waals surface area contributed by atoms with E-state index in [-0.39, 0.29) is 0 Å². The lowest BCUT2D eigenvalue weighted by atomic mass is 10.3. The van der Waals surface area contributed by atoms with Crippen LogP contribution in [0.4, 0.5) is 0 Å². The summed E-state index contributed by atoms with van der Waals surface area (Å²) in [6.45, 7) is 1.61. The van der Waals surface area contributed by atoms with Gasteiger partial charge in [-0.05, 0) is 11.6 Å². The van der Waals surface area contributed by atoms with Crippen molar-refractivity contribution >= 4 is 0 Å². The third-order valence-electron chi connectivity index (χ3n) is 2.12. The van der Waals surface area contributed by atoms with Crippen molar-refractivity contribution in [3.8, 4) is 0 Å². The van der Waals surface area contributed by atoms with Gasteiger partial charge >= 0.3 is 0 Å². The third kappa shape index (κ3) is 2.89. The van der Waals surface area contributed by atoms with Crippen LogP contribution in [0.1, 0.15) is 11.3 Å². The first-order chi connectivity index (χ1) is 7.34. The zero-order chi connectivity index (χ0) is 10.5. The highest BCUT2D eigenvalue weighted by molar-refractivity contribution is 5.08. The van der Waals surface area contributed by atoms with Gasteiger partial charge in [-0.25, -0.2) is 4.98 Å². The molecular formula is C11H14N4. The molecule has 0 aliphatic heterocycles. The largest absolute Gasteiger partial charge is 0.340 e. The highest BCUT2D eigenvalue weighted by atomic mass is 15.0. The summed E-state index contributed by atoms with van der Waals surface area (Å²) in [6, 6.07) is 4.00. The van der Waals surface area contributed by atoms with Crippen molar-refractivity contribution in [1.29, 1.82) is 0 Å². The molecule has 0 bridgehead atoms. The number of nitrogens with zero attached hydrogens (tertiary/aromatic N) is 3. The predicted octanol–water partition coefficient (Wildman–Crippen LogP) is 1.10. The number of hydrogen-bond donors (Lipinski definition) is 1. The Morgan fingerprint density at radius 1 is 1.40 bits per heavy atom. The number of aryl methyl sites for hydroxylation is 1. The second kappa shape index (κ2) is 4.70. The van der Waals surface area contributed by atoms with E-state index in [1.165, 1.54) is 5.56 Å². The number of pyridine rings is 1. The van der Waals surface area contributed by atoms with Crippen molar-refractivity contribution in [2.24, 2.45) is 7.05 Å². The van der Waals surface area contributed by atoms with Gasteiger partial charge in [-0.2, -0.15) is 0 Å². The number of nitrogens with one attached hydrogen (secondary N) is 1. The van der Waals surface area contributed by atoms with Gasteiger partial charge in [-0.3, -0.25) is 4.98 Å². The fourth-order valence-electron chi connectivity index (χ4n) is 1.40. The summed E-state index contributed by atoms with van der Waals surface area (Å²) in [5, 5.41) is 3.32. The molecule has 2 heterocycles. The monoisotopic (exact) mass is 202 g/mol. The van der Waals surface area contributed by atoms with Gasteiger partial charge in [-0.1, -0.05) is 6.07 Å². The highest BCUT2D eigenvalue weighted by Gasteiger charge is 1.96. The molecule has 4 nitrogen and oxygen atoms in total. The molecular weight excluding hydrogens is 188 g/mol. The molecule has 1 N–H and O–H groups in total. The van der Waals surface area contributed by atoms with E-state index in [1.807, 2.05) is 30.1 Å². The van der Waals surface area contributed by atoms with Crippen LogP contribution in [0.15, 0.2) is 37.1 Å². The van der Waals surface area contributed by atoms with E-state index in [0.29, 0.717) is 0 Å². The molecule has 0 saturated carbocycles. The van der Waals surface area contributed by atoms with Gasteiger partial charge in [0.1, 0.15) is 0 Å².